The van der Waals surface area contributed by atoms with Crippen molar-refractivity contribution in [3.63, 3.8) is 0 Å². The number of piperidine rings is 1. The molecule has 4 nitrogen and oxygen atoms in total. The zero-order valence-corrected chi connectivity index (χ0v) is 11.4. The van der Waals surface area contributed by atoms with E-state index in [0.717, 1.165) is 24.2 Å². The van der Waals surface area contributed by atoms with Gasteiger partial charge in [-0.05, 0) is 30.9 Å². The van der Waals surface area contributed by atoms with Crippen LogP contribution in [0.3, 0.4) is 0 Å². The largest absolute Gasteiger partial charge is 0.391 e. The first-order chi connectivity index (χ1) is 8.04. The maximum atomic E-state index is 12.3. The van der Waals surface area contributed by atoms with E-state index in [1.807, 2.05) is 0 Å². The maximum Gasteiger partial charge on any atom is 0.252 e. The van der Waals surface area contributed by atoms with Crippen LogP contribution < -0.4 is 0 Å². The fourth-order valence-electron chi connectivity index (χ4n) is 1.93. The molecule has 0 unspecified atom stereocenters. The maximum absolute atomic E-state index is 12.3. The number of thiophene rings is 1. The molecule has 0 amide bonds. The predicted molar refractivity (Wildman–Crippen MR) is 67.4 cm³/mol. The Labute approximate surface area is 106 Å². The summed E-state index contributed by atoms with van der Waals surface area (Å²) in [6, 6.07) is 3.26. The summed E-state index contributed by atoms with van der Waals surface area (Å²) in [4.78, 5) is 0.689. The first-order valence-electron chi connectivity index (χ1n) is 5.74. The molecule has 96 valence electrons. The lowest BCUT2D eigenvalue weighted by molar-refractivity contribution is 0.285. The molecule has 0 bridgehead atoms. The lowest BCUT2D eigenvalue weighted by Gasteiger charge is -2.28. The summed E-state index contributed by atoms with van der Waals surface area (Å²) in [6.45, 7) is 3.27. The van der Waals surface area contributed by atoms with E-state index in [2.05, 4.69) is 6.92 Å². The van der Waals surface area contributed by atoms with Crippen molar-refractivity contribution in [2.45, 2.75) is 30.6 Å². The Bertz CT molecular complexity index is 473. The summed E-state index contributed by atoms with van der Waals surface area (Å²) in [7, 11) is -3.33. The monoisotopic (exact) mass is 275 g/mol. The van der Waals surface area contributed by atoms with Crippen LogP contribution in [0.2, 0.25) is 0 Å². The predicted octanol–water partition coefficient (Wildman–Crippen LogP) is 1.66. The van der Waals surface area contributed by atoms with Crippen molar-refractivity contribution in [3.05, 3.63) is 17.0 Å². The topological polar surface area (TPSA) is 57.6 Å². The van der Waals surface area contributed by atoms with E-state index < -0.39 is 10.0 Å². The molecule has 0 atom stereocenters. The molecule has 1 saturated heterocycles. The fourth-order valence-corrected chi connectivity index (χ4v) is 4.77. The van der Waals surface area contributed by atoms with Crippen LogP contribution in [0.4, 0.5) is 0 Å². The molecule has 0 saturated carbocycles. The summed E-state index contributed by atoms with van der Waals surface area (Å²) < 4.78 is 26.5. The standard InChI is InChI=1S/C11H17NO3S2/c1-9-4-6-12(7-5-9)17(14,15)11-3-2-10(8-13)16-11/h2-3,9,13H,4-8H2,1H3. The van der Waals surface area contributed by atoms with Crippen molar-refractivity contribution in [1.82, 2.24) is 4.31 Å². The number of hydrogen-bond donors (Lipinski definition) is 1. The first kappa shape index (κ1) is 13.0. The highest BCUT2D eigenvalue weighted by Gasteiger charge is 2.29. The summed E-state index contributed by atoms with van der Waals surface area (Å²) in [6.07, 6.45) is 1.86. The number of aliphatic hydroxyl groups is 1. The van der Waals surface area contributed by atoms with Gasteiger partial charge in [-0.1, -0.05) is 6.92 Å². The van der Waals surface area contributed by atoms with E-state index >= 15 is 0 Å². The number of sulfonamides is 1. The smallest absolute Gasteiger partial charge is 0.252 e. The molecule has 1 aliphatic rings. The van der Waals surface area contributed by atoms with Crippen LogP contribution in [0, 0.1) is 5.92 Å². The van der Waals surface area contributed by atoms with E-state index in [1.54, 1.807) is 16.4 Å². The van der Waals surface area contributed by atoms with E-state index in [0.29, 0.717) is 28.1 Å². The van der Waals surface area contributed by atoms with E-state index in [9.17, 15) is 8.42 Å². The first-order valence-corrected chi connectivity index (χ1v) is 7.99. The Morgan fingerprint density at radius 1 is 1.41 bits per heavy atom. The Kier molecular flexibility index (Phi) is 3.87. The highest BCUT2D eigenvalue weighted by Crippen LogP contribution is 2.28. The molecule has 1 fully saturated rings. The summed E-state index contributed by atoms with van der Waals surface area (Å²) in [5.74, 6) is 0.609. The van der Waals surface area contributed by atoms with Gasteiger partial charge in [0.25, 0.3) is 10.0 Å². The lowest BCUT2D eigenvalue weighted by atomic mass is 10.0. The van der Waals surface area contributed by atoms with Gasteiger partial charge >= 0.3 is 0 Å². The molecule has 1 aliphatic heterocycles. The summed E-state index contributed by atoms with van der Waals surface area (Å²) >= 11 is 1.15. The number of aliphatic hydroxyl groups excluding tert-OH is 1. The van der Waals surface area contributed by atoms with Crippen molar-refractivity contribution < 1.29 is 13.5 Å². The van der Waals surface area contributed by atoms with Crippen LogP contribution in [-0.2, 0) is 16.6 Å². The number of nitrogens with zero attached hydrogens (tertiary/aromatic N) is 1. The van der Waals surface area contributed by atoms with E-state index in [1.165, 1.54) is 0 Å². The van der Waals surface area contributed by atoms with Gasteiger partial charge in [0.15, 0.2) is 0 Å². The van der Waals surface area contributed by atoms with Gasteiger partial charge in [0.2, 0.25) is 0 Å². The minimum atomic E-state index is -3.33. The van der Waals surface area contributed by atoms with E-state index in [4.69, 9.17) is 5.11 Å². The second-order valence-corrected chi connectivity index (χ2v) is 7.80. The van der Waals surface area contributed by atoms with Gasteiger partial charge in [-0.3, -0.25) is 0 Å². The lowest BCUT2D eigenvalue weighted by Crippen LogP contribution is -2.37. The average molecular weight is 275 g/mol. The average Bonchev–Trinajstić information content (AvgIpc) is 2.78. The van der Waals surface area contributed by atoms with Gasteiger partial charge in [-0.25, -0.2) is 8.42 Å². The third-order valence-corrected chi connectivity index (χ3v) is 6.57. The van der Waals surface area contributed by atoms with Crippen LogP contribution in [-0.4, -0.2) is 30.9 Å². The van der Waals surface area contributed by atoms with Gasteiger partial charge < -0.3 is 5.11 Å². The van der Waals surface area contributed by atoms with Crippen LogP contribution in [0.25, 0.3) is 0 Å². The molecule has 0 aromatic carbocycles. The fraction of sp³-hybridized carbons (Fsp3) is 0.636. The quantitative estimate of drug-likeness (QED) is 0.912. The number of rotatable bonds is 3. The van der Waals surface area contributed by atoms with Crippen molar-refractivity contribution in [2.75, 3.05) is 13.1 Å². The van der Waals surface area contributed by atoms with Crippen LogP contribution in [0.15, 0.2) is 16.3 Å². The van der Waals surface area contributed by atoms with Crippen molar-refractivity contribution in [1.29, 1.82) is 0 Å². The zero-order valence-electron chi connectivity index (χ0n) is 9.80. The Balaban J connectivity index is 2.18. The second-order valence-electron chi connectivity index (χ2n) is 4.47. The van der Waals surface area contributed by atoms with Crippen molar-refractivity contribution >= 4 is 21.4 Å². The molecule has 2 heterocycles. The normalized spacial score (nSPS) is 19.6. The van der Waals surface area contributed by atoms with Gasteiger partial charge in [0.1, 0.15) is 4.21 Å². The van der Waals surface area contributed by atoms with Gasteiger partial charge in [-0.2, -0.15) is 4.31 Å². The molecule has 0 radical (unpaired) electrons. The minimum Gasteiger partial charge on any atom is -0.391 e. The van der Waals surface area contributed by atoms with E-state index in [-0.39, 0.29) is 6.61 Å². The Morgan fingerprint density at radius 3 is 2.59 bits per heavy atom. The summed E-state index contributed by atoms with van der Waals surface area (Å²) in [5.41, 5.74) is 0. The molecular weight excluding hydrogens is 258 g/mol. The third kappa shape index (κ3) is 2.70. The number of hydrogen-bond acceptors (Lipinski definition) is 4. The van der Waals surface area contributed by atoms with Crippen LogP contribution >= 0.6 is 11.3 Å². The molecular formula is C11H17NO3S2. The molecule has 2 rings (SSSR count). The molecule has 1 aromatic heterocycles. The summed E-state index contributed by atoms with van der Waals surface area (Å²) in [5, 5.41) is 8.96. The Hall–Kier alpha value is -0.430. The SMILES string of the molecule is CC1CCN(S(=O)(=O)c2ccc(CO)s2)CC1. The third-order valence-electron chi connectivity index (χ3n) is 3.13. The molecule has 0 spiro atoms. The Morgan fingerprint density at radius 2 is 2.06 bits per heavy atom. The van der Waals surface area contributed by atoms with Crippen LogP contribution in [0.1, 0.15) is 24.6 Å². The minimum absolute atomic E-state index is 0.1000. The van der Waals surface area contributed by atoms with Gasteiger partial charge in [-0.15, -0.1) is 11.3 Å². The van der Waals surface area contributed by atoms with Crippen molar-refractivity contribution in [2.24, 2.45) is 5.92 Å². The highest BCUT2D eigenvalue weighted by molar-refractivity contribution is 7.91. The zero-order chi connectivity index (χ0) is 12.5. The highest BCUT2D eigenvalue weighted by atomic mass is 32.2. The molecule has 1 aromatic rings. The van der Waals surface area contributed by atoms with Crippen molar-refractivity contribution in [3.8, 4) is 0 Å². The second kappa shape index (κ2) is 5.06. The molecule has 1 N–H and O–H groups in total. The molecule has 6 heteroatoms. The van der Waals surface area contributed by atoms with Gasteiger partial charge in [0.05, 0.1) is 6.61 Å². The van der Waals surface area contributed by atoms with Crippen LogP contribution in [0.5, 0.6) is 0 Å². The molecule has 17 heavy (non-hydrogen) atoms. The molecule has 0 aliphatic carbocycles. The van der Waals surface area contributed by atoms with Gasteiger partial charge in [0, 0.05) is 18.0 Å².